The van der Waals surface area contributed by atoms with Crippen LogP contribution >= 0.6 is 11.8 Å². The molecule has 1 spiro atoms. The molecule has 6 rings (SSSR count). The maximum Gasteiger partial charge on any atom is 0.247 e. The predicted molar refractivity (Wildman–Crippen MR) is 164 cm³/mol. The first-order valence-electron chi connectivity index (χ1n) is 15.1. The highest BCUT2D eigenvalue weighted by Gasteiger charge is 2.70. The van der Waals surface area contributed by atoms with Crippen LogP contribution in [-0.4, -0.2) is 79.8 Å². The van der Waals surface area contributed by atoms with Crippen LogP contribution in [0.1, 0.15) is 36.8 Å². The summed E-state index contributed by atoms with van der Waals surface area (Å²) in [6.45, 7) is 2.57. The van der Waals surface area contributed by atoms with Crippen LogP contribution in [-0.2, 0) is 27.5 Å². The number of carbonyl (C=O) groups is 3. The molecule has 2 fully saturated rings. The van der Waals surface area contributed by atoms with Crippen LogP contribution in [0, 0.1) is 11.8 Å². The van der Waals surface area contributed by atoms with Crippen molar-refractivity contribution in [2.75, 3.05) is 26.2 Å². The number of nitrogens with zero attached hydrogens (tertiary/aromatic N) is 3. The summed E-state index contributed by atoms with van der Waals surface area (Å²) < 4.78 is -0.796. The molecule has 2 saturated heterocycles. The molecule has 4 heterocycles. The number of thioether (sulfide) groups is 1. The minimum absolute atomic E-state index is 0.00800. The van der Waals surface area contributed by atoms with Gasteiger partial charge in [0.25, 0.3) is 0 Å². The molecule has 3 amide bonds. The van der Waals surface area contributed by atoms with E-state index in [1.54, 1.807) is 16.7 Å². The van der Waals surface area contributed by atoms with Crippen molar-refractivity contribution >= 4 is 29.5 Å². The Morgan fingerprint density at radius 1 is 0.762 bits per heavy atom. The third kappa shape index (κ3) is 5.31. The monoisotopic (exact) mass is 585 g/mol. The molecule has 5 atom stereocenters. The molecule has 8 heteroatoms. The van der Waals surface area contributed by atoms with Crippen molar-refractivity contribution in [2.45, 2.75) is 54.8 Å². The third-order valence-electron chi connectivity index (χ3n) is 9.07. The molecule has 2 aromatic carbocycles. The number of unbranched alkanes of at least 4 members (excludes halogenated alkanes) is 3. The van der Waals surface area contributed by atoms with Gasteiger partial charge in [0.05, 0.1) is 16.6 Å². The number of benzene rings is 2. The number of aliphatic hydroxyl groups is 1. The second-order valence-corrected chi connectivity index (χ2v) is 13.2. The fourth-order valence-corrected chi connectivity index (χ4v) is 9.12. The average Bonchev–Trinajstić information content (AvgIpc) is 3.33. The summed E-state index contributed by atoms with van der Waals surface area (Å²) in [4.78, 5) is 48.7. The Kier molecular flexibility index (Phi) is 8.54. The Balaban J connectivity index is 1.33. The second-order valence-electron chi connectivity index (χ2n) is 11.8. The molecular formula is C34H39N3O4S. The minimum Gasteiger partial charge on any atom is -0.396 e. The molecule has 0 radical (unpaired) electrons. The maximum atomic E-state index is 14.5. The van der Waals surface area contributed by atoms with Gasteiger partial charge in [-0.2, -0.15) is 0 Å². The minimum atomic E-state index is -0.796. The Hall–Kier alpha value is -3.36. The number of fused-ring (bicyclic) bond motifs is 2. The maximum absolute atomic E-state index is 14.5. The smallest absolute Gasteiger partial charge is 0.247 e. The Bertz CT molecular complexity index is 1350. The highest BCUT2D eigenvalue weighted by atomic mass is 32.2. The van der Waals surface area contributed by atoms with Gasteiger partial charge in [-0.3, -0.25) is 14.4 Å². The van der Waals surface area contributed by atoms with E-state index in [0.29, 0.717) is 32.7 Å². The normalized spacial score (nSPS) is 28.5. The summed E-state index contributed by atoms with van der Waals surface area (Å²) in [5.74, 6) is -1.25. The zero-order valence-electron chi connectivity index (χ0n) is 23.9. The van der Waals surface area contributed by atoms with E-state index in [1.165, 1.54) is 0 Å². The van der Waals surface area contributed by atoms with Crippen molar-refractivity contribution in [3.8, 4) is 0 Å². The molecule has 4 aliphatic heterocycles. The van der Waals surface area contributed by atoms with Crippen LogP contribution in [0.4, 0.5) is 0 Å². The number of carbonyl (C=O) groups excluding carboxylic acids is 3. The molecule has 0 saturated carbocycles. The molecule has 1 N–H and O–H groups in total. The standard InChI is InChI=1S/C34H39N3O4S/c38-22-10-2-1-9-21-37-30-33(41)36(24-26-15-7-4-8-16-26)20-12-18-34(30)29(32(37)40)28-27(42-34)17-11-19-35(31(28)39)23-25-13-5-3-6-14-25/h3-8,11-18,27-30,38H,1-2,9-10,19-24H2/t27-,28+,29-,30?,34-/m0/s1. The van der Waals surface area contributed by atoms with Gasteiger partial charge in [0, 0.05) is 44.6 Å². The van der Waals surface area contributed by atoms with Crippen molar-refractivity contribution in [1.29, 1.82) is 0 Å². The largest absolute Gasteiger partial charge is 0.396 e. The zero-order valence-corrected chi connectivity index (χ0v) is 24.7. The highest BCUT2D eigenvalue weighted by molar-refractivity contribution is 8.02. The molecule has 4 aliphatic rings. The van der Waals surface area contributed by atoms with Crippen molar-refractivity contribution in [3.05, 3.63) is 96.1 Å². The first kappa shape index (κ1) is 28.7. The molecule has 0 aliphatic carbocycles. The quantitative estimate of drug-likeness (QED) is 0.337. The fraction of sp³-hybridized carbons (Fsp3) is 0.441. The summed E-state index contributed by atoms with van der Waals surface area (Å²) in [5.41, 5.74) is 2.10. The van der Waals surface area contributed by atoms with E-state index in [1.807, 2.05) is 76.5 Å². The van der Waals surface area contributed by atoms with E-state index in [9.17, 15) is 19.5 Å². The SMILES string of the molecule is O=C1C2N(CCCCCCO)C(=O)[C@@H]3[C@@H]4C(=O)N(Cc5ccccc5)CC=C[C@@H]4S[C@]23C=CCN1Cc1ccccc1. The van der Waals surface area contributed by atoms with Gasteiger partial charge in [0.15, 0.2) is 0 Å². The van der Waals surface area contributed by atoms with E-state index in [-0.39, 0.29) is 29.6 Å². The Labute approximate surface area is 252 Å². The van der Waals surface area contributed by atoms with E-state index >= 15 is 0 Å². The van der Waals surface area contributed by atoms with Crippen LogP contribution in [0.5, 0.6) is 0 Å². The van der Waals surface area contributed by atoms with Gasteiger partial charge in [0.2, 0.25) is 17.7 Å². The Morgan fingerprint density at radius 3 is 2.05 bits per heavy atom. The molecule has 42 heavy (non-hydrogen) atoms. The lowest BCUT2D eigenvalue weighted by Crippen LogP contribution is -2.53. The lowest BCUT2D eigenvalue weighted by atomic mass is 9.78. The summed E-state index contributed by atoms with van der Waals surface area (Å²) >= 11 is 1.64. The van der Waals surface area contributed by atoms with Gasteiger partial charge >= 0.3 is 0 Å². The molecule has 7 nitrogen and oxygen atoms in total. The van der Waals surface area contributed by atoms with Gasteiger partial charge in [-0.15, -0.1) is 11.8 Å². The van der Waals surface area contributed by atoms with Crippen molar-refractivity contribution in [2.24, 2.45) is 11.8 Å². The number of likely N-dealkylation sites (tertiary alicyclic amines) is 1. The molecule has 0 aromatic heterocycles. The lowest BCUT2D eigenvalue weighted by Gasteiger charge is -2.35. The van der Waals surface area contributed by atoms with Crippen LogP contribution in [0.25, 0.3) is 0 Å². The average molecular weight is 586 g/mol. The fourth-order valence-electron chi connectivity index (χ4n) is 7.12. The summed E-state index contributed by atoms with van der Waals surface area (Å²) in [5, 5.41) is 9.04. The van der Waals surface area contributed by atoms with Crippen LogP contribution < -0.4 is 0 Å². The highest BCUT2D eigenvalue weighted by Crippen LogP contribution is 2.61. The van der Waals surface area contributed by atoms with E-state index in [4.69, 9.17) is 0 Å². The van der Waals surface area contributed by atoms with Crippen LogP contribution in [0.15, 0.2) is 85.0 Å². The number of aliphatic hydroxyl groups excluding tert-OH is 1. The first-order chi connectivity index (χ1) is 20.5. The lowest BCUT2D eigenvalue weighted by molar-refractivity contribution is -0.144. The van der Waals surface area contributed by atoms with Gasteiger partial charge < -0.3 is 19.8 Å². The van der Waals surface area contributed by atoms with Crippen LogP contribution in [0.2, 0.25) is 0 Å². The third-order valence-corrected chi connectivity index (χ3v) is 10.8. The number of hydrogen-bond donors (Lipinski definition) is 1. The van der Waals surface area contributed by atoms with Gasteiger partial charge in [0.1, 0.15) is 6.04 Å². The van der Waals surface area contributed by atoms with Gasteiger partial charge in [-0.05, 0) is 24.0 Å². The van der Waals surface area contributed by atoms with Crippen molar-refractivity contribution in [3.63, 3.8) is 0 Å². The van der Waals surface area contributed by atoms with Crippen LogP contribution in [0.3, 0.4) is 0 Å². The van der Waals surface area contributed by atoms with Gasteiger partial charge in [-0.1, -0.05) is 97.8 Å². The molecule has 0 bridgehead atoms. The number of amides is 3. The summed E-state index contributed by atoms with van der Waals surface area (Å²) in [6.07, 6.45) is 11.5. The van der Waals surface area contributed by atoms with E-state index in [2.05, 4.69) is 18.2 Å². The number of rotatable bonds is 10. The van der Waals surface area contributed by atoms with Gasteiger partial charge in [-0.25, -0.2) is 0 Å². The zero-order chi connectivity index (χ0) is 29.1. The van der Waals surface area contributed by atoms with Crippen molar-refractivity contribution < 1.29 is 19.5 Å². The van der Waals surface area contributed by atoms with E-state index < -0.39 is 22.6 Å². The van der Waals surface area contributed by atoms with E-state index in [0.717, 1.165) is 36.8 Å². The molecule has 1 unspecified atom stereocenters. The second kappa shape index (κ2) is 12.5. The summed E-state index contributed by atoms with van der Waals surface area (Å²) in [6, 6.07) is 19.3. The number of hydrogen-bond acceptors (Lipinski definition) is 5. The molecular weight excluding hydrogens is 546 g/mol. The Morgan fingerprint density at radius 2 is 1.38 bits per heavy atom. The summed E-state index contributed by atoms with van der Waals surface area (Å²) in [7, 11) is 0. The molecule has 2 aromatic rings. The van der Waals surface area contributed by atoms with Crippen molar-refractivity contribution in [1.82, 2.24) is 14.7 Å². The first-order valence-corrected chi connectivity index (χ1v) is 16.0. The predicted octanol–water partition coefficient (Wildman–Crippen LogP) is 4.03. The molecule has 220 valence electrons. The topological polar surface area (TPSA) is 81.2 Å².